The molecule has 0 aliphatic carbocycles. The Morgan fingerprint density at radius 3 is 2.50 bits per heavy atom. The molecule has 6 nitrogen and oxygen atoms in total. The zero-order valence-electron chi connectivity index (χ0n) is 12.9. The minimum atomic E-state index is -4.58. The maximum absolute atomic E-state index is 12.8. The Morgan fingerprint density at radius 1 is 1.12 bits per heavy atom. The highest BCUT2D eigenvalue weighted by Gasteiger charge is 2.32. The fourth-order valence-electron chi connectivity index (χ4n) is 2.16. The second-order valence-electron chi connectivity index (χ2n) is 5.13. The van der Waals surface area contributed by atoms with E-state index in [2.05, 4.69) is 10.2 Å². The zero-order valence-corrected chi connectivity index (χ0v) is 13.8. The molecule has 1 heterocycles. The Hall–Kier alpha value is -2.88. The molecule has 26 heavy (non-hydrogen) atoms. The van der Waals surface area contributed by atoms with Crippen molar-refractivity contribution in [1.82, 2.24) is 10.2 Å². The van der Waals surface area contributed by atoms with Crippen molar-refractivity contribution < 1.29 is 22.5 Å². The molecule has 0 N–H and O–H groups in total. The molecule has 0 spiro atoms. The maximum Gasteiger partial charge on any atom is 0.416 e. The van der Waals surface area contributed by atoms with Crippen molar-refractivity contribution in [3.8, 4) is 11.5 Å². The van der Waals surface area contributed by atoms with Gasteiger partial charge in [-0.05, 0) is 24.3 Å². The van der Waals surface area contributed by atoms with Crippen molar-refractivity contribution in [3.63, 3.8) is 0 Å². The molecule has 0 bridgehead atoms. The molecule has 0 unspecified atom stereocenters. The molecule has 0 fully saturated rings. The summed E-state index contributed by atoms with van der Waals surface area (Å²) in [7, 11) is 0. The number of halogens is 3. The Balaban J connectivity index is 1.81. The van der Waals surface area contributed by atoms with Crippen molar-refractivity contribution in [3.05, 3.63) is 69.8 Å². The van der Waals surface area contributed by atoms with Gasteiger partial charge in [-0.3, -0.25) is 10.1 Å². The molecule has 0 radical (unpaired) electrons. The Morgan fingerprint density at radius 2 is 1.85 bits per heavy atom. The van der Waals surface area contributed by atoms with Crippen molar-refractivity contribution in [2.75, 3.05) is 0 Å². The largest absolute Gasteiger partial charge is 0.416 e. The van der Waals surface area contributed by atoms with Crippen LogP contribution in [0.3, 0.4) is 0 Å². The van der Waals surface area contributed by atoms with Gasteiger partial charge in [0.15, 0.2) is 0 Å². The molecule has 0 aliphatic rings. The van der Waals surface area contributed by atoms with Crippen LogP contribution in [0.5, 0.6) is 0 Å². The number of nitro groups is 1. The minimum absolute atomic E-state index is 0.0747. The Labute approximate surface area is 149 Å². The smallest absolute Gasteiger partial charge is 0.411 e. The van der Waals surface area contributed by atoms with Gasteiger partial charge in [-0.1, -0.05) is 30.0 Å². The molecule has 2 aromatic carbocycles. The van der Waals surface area contributed by atoms with E-state index in [0.717, 1.165) is 23.9 Å². The molecule has 3 aromatic rings. The van der Waals surface area contributed by atoms with Crippen LogP contribution < -0.4 is 0 Å². The first-order valence-electron chi connectivity index (χ1n) is 7.21. The molecule has 0 atom stereocenters. The number of alkyl halides is 3. The second-order valence-corrected chi connectivity index (χ2v) is 6.05. The van der Waals surface area contributed by atoms with Crippen molar-refractivity contribution in [2.45, 2.75) is 17.2 Å². The van der Waals surface area contributed by atoms with Crippen LogP contribution >= 0.6 is 11.8 Å². The van der Waals surface area contributed by atoms with Crippen molar-refractivity contribution >= 4 is 17.4 Å². The van der Waals surface area contributed by atoms with E-state index in [1.165, 1.54) is 0 Å². The lowest BCUT2D eigenvalue weighted by Crippen LogP contribution is -2.06. The van der Waals surface area contributed by atoms with Gasteiger partial charge in [-0.15, -0.1) is 10.2 Å². The van der Waals surface area contributed by atoms with Crippen molar-refractivity contribution in [2.24, 2.45) is 0 Å². The van der Waals surface area contributed by atoms with Gasteiger partial charge in [-0.2, -0.15) is 13.2 Å². The summed E-state index contributed by atoms with van der Waals surface area (Å²) in [6.45, 7) is 0. The fraction of sp³-hybridized carbons (Fsp3) is 0.125. The average molecular weight is 381 g/mol. The van der Waals surface area contributed by atoms with Crippen LogP contribution in [-0.2, 0) is 11.9 Å². The van der Waals surface area contributed by atoms with Crippen LogP contribution in [0.25, 0.3) is 11.5 Å². The molecule has 1 aromatic heterocycles. The number of aromatic nitrogens is 2. The van der Waals surface area contributed by atoms with Crippen LogP contribution in [0.2, 0.25) is 0 Å². The van der Waals surface area contributed by atoms with Crippen LogP contribution in [0, 0.1) is 10.1 Å². The van der Waals surface area contributed by atoms with Gasteiger partial charge in [0.25, 0.3) is 10.9 Å². The normalized spacial score (nSPS) is 11.5. The summed E-state index contributed by atoms with van der Waals surface area (Å²) in [6, 6.07) is 11.2. The van der Waals surface area contributed by atoms with E-state index in [9.17, 15) is 23.3 Å². The first-order valence-corrected chi connectivity index (χ1v) is 8.19. The Kier molecular flexibility index (Phi) is 4.94. The van der Waals surface area contributed by atoms with Crippen LogP contribution in [0.1, 0.15) is 11.1 Å². The summed E-state index contributed by atoms with van der Waals surface area (Å²) in [5.41, 5.74) is -0.728. The van der Waals surface area contributed by atoms with Gasteiger partial charge >= 0.3 is 6.18 Å². The molecule has 3 rings (SSSR count). The summed E-state index contributed by atoms with van der Waals surface area (Å²) in [5.74, 6) is 0.142. The van der Waals surface area contributed by atoms with Gasteiger partial charge in [0, 0.05) is 22.9 Å². The summed E-state index contributed by atoms with van der Waals surface area (Å²) < 4.78 is 44.0. The molecule has 0 saturated heterocycles. The van der Waals surface area contributed by atoms with Gasteiger partial charge in [0.1, 0.15) is 0 Å². The predicted octanol–water partition coefficient (Wildman–Crippen LogP) is 4.96. The topological polar surface area (TPSA) is 82.1 Å². The highest BCUT2D eigenvalue weighted by Crippen LogP contribution is 2.35. The highest BCUT2D eigenvalue weighted by atomic mass is 32.2. The first kappa shape index (κ1) is 17.9. The molecule has 0 saturated carbocycles. The van der Waals surface area contributed by atoms with Crippen LogP contribution in [-0.4, -0.2) is 15.1 Å². The third kappa shape index (κ3) is 4.02. The summed E-state index contributed by atoms with van der Waals surface area (Å²) >= 11 is 0.928. The molecule has 0 aliphatic heterocycles. The monoisotopic (exact) mass is 381 g/mol. The number of thioether (sulfide) groups is 1. The SMILES string of the molecule is O=[N+]([O-])c1ccc(C(F)(F)F)cc1CSc1nnc(-c2ccccc2)o1. The van der Waals surface area contributed by atoms with E-state index < -0.39 is 22.4 Å². The second kappa shape index (κ2) is 7.16. The lowest BCUT2D eigenvalue weighted by Gasteiger charge is -2.08. The summed E-state index contributed by atoms with van der Waals surface area (Å²) in [6.07, 6.45) is -4.58. The van der Waals surface area contributed by atoms with Crippen molar-refractivity contribution in [1.29, 1.82) is 0 Å². The van der Waals surface area contributed by atoms with E-state index in [1.807, 2.05) is 6.07 Å². The minimum Gasteiger partial charge on any atom is -0.411 e. The van der Waals surface area contributed by atoms with Gasteiger partial charge < -0.3 is 4.42 Å². The lowest BCUT2D eigenvalue weighted by molar-refractivity contribution is -0.385. The average Bonchev–Trinajstić information content (AvgIpc) is 3.08. The standard InChI is InChI=1S/C16H10F3N3O3S/c17-16(18,19)12-6-7-13(22(23)24)11(8-12)9-26-15-21-20-14(25-15)10-4-2-1-3-5-10/h1-8H,9H2. The quantitative estimate of drug-likeness (QED) is 0.353. The molecular formula is C16H10F3N3O3S. The zero-order chi connectivity index (χ0) is 18.7. The molecule has 10 heteroatoms. The van der Waals surface area contributed by atoms with Gasteiger partial charge in [0.05, 0.1) is 10.5 Å². The number of rotatable bonds is 5. The third-order valence-electron chi connectivity index (χ3n) is 3.38. The number of nitro benzene ring substituents is 1. The number of hydrogen-bond donors (Lipinski definition) is 0. The van der Waals surface area contributed by atoms with E-state index in [0.29, 0.717) is 11.6 Å². The number of hydrogen-bond acceptors (Lipinski definition) is 6. The van der Waals surface area contributed by atoms with E-state index in [4.69, 9.17) is 4.42 Å². The van der Waals surface area contributed by atoms with E-state index >= 15 is 0 Å². The molecule has 134 valence electrons. The number of benzene rings is 2. The third-order valence-corrected chi connectivity index (χ3v) is 4.25. The summed E-state index contributed by atoms with van der Waals surface area (Å²) in [4.78, 5) is 10.3. The Bertz CT molecular complexity index is 929. The van der Waals surface area contributed by atoms with Crippen LogP contribution in [0.15, 0.2) is 58.2 Å². The lowest BCUT2D eigenvalue weighted by atomic mass is 10.1. The van der Waals surface area contributed by atoms with E-state index in [-0.39, 0.29) is 22.4 Å². The maximum atomic E-state index is 12.8. The number of nitrogens with zero attached hydrogens (tertiary/aromatic N) is 3. The van der Waals surface area contributed by atoms with Gasteiger partial charge in [0.2, 0.25) is 5.89 Å². The molecular weight excluding hydrogens is 371 g/mol. The fourth-order valence-corrected chi connectivity index (χ4v) is 2.91. The van der Waals surface area contributed by atoms with Gasteiger partial charge in [-0.25, -0.2) is 0 Å². The van der Waals surface area contributed by atoms with Crippen LogP contribution in [0.4, 0.5) is 18.9 Å². The predicted molar refractivity (Wildman–Crippen MR) is 87.4 cm³/mol. The highest BCUT2D eigenvalue weighted by molar-refractivity contribution is 7.98. The van der Waals surface area contributed by atoms with E-state index in [1.54, 1.807) is 24.3 Å². The summed E-state index contributed by atoms with van der Waals surface area (Å²) in [5, 5.41) is 18.8. The first-order chi connectivity index (χ1) is 12.3. The molecule has 0 amide bonds.